The maximum atomic E-state index is 12.4. The number of carbonyl (C=O) groups excluding carboxylic acids is 2. The molecular formula is C25H28ClN7O3. The van der Waals surface area contributed by atoms with Crippen LogP contribution >= 0.6 is 11.6 Å². The molecule has 1 aliphatic rings. The van der Waals surface area contributed by atoms with Gasteiger partial charge in [-0.15, -0.1) is 0 Å². The predicted molar refractivity (Wildman–Crippen MR) is 141 cm³/mol. The standard InChI is InChI=1S/C25H28ClN7O3/c1-16-13-17(7-8-20(16)30-22(34)15-33-9-11-36-12-10-33)29-25-28-14-19(26)23(32-25)31-21-6-4-3-5-18(21)24(35)27-2/h3-8,13-14H,9-12,15H2,1-2H3,(H,27,35)(H,30,34)(H2,28,29,31,32). The first-order valence-corrected chi connectivity index (χ1v) is 11.9. The quantitative estimate of drug-likeness (QED) is 0.364. The molecule has 1 aromatic heterocycles. The summed E-state index contributed by atoms with van der Waals surface area (Å²) in [7, 11) is 1.57. The Labute approximate surface area is 214 Å². The lowest BCUT2D eigenvalue weighted by molar-refractivity contribution is -0.118. The zero-order chi connectivity index (χ0) is 25.5. The summed E-state index contributed by atoms with van der Waals surface area (Å²) >= 11 is 6.31. The normalized spacial score (nSPS) is 13.6. The summed E-state index contributed by atoms with van der Waals surface area (Å²) in [6, 6.07) is 12.6. The number of nitrogens with one attached hydrogen (secondary N) is 4. The lowest BCUT2D eigenvalue weighted by Gasteiger charge is -2.25. The van der Waals surface area contributed by atoms with Gasteiger partial charge in [-0.05, 0) is 42.8 Å². The van der Waals surface area contributed by atoms with Crippen molar-refractivity contribution < 1.29 is 14.3 Å². The Balaban J connectivity index is 1.44. The van der Waals surface area contributed by atoms with Gasteiger partial charge in [-0.25, -0.2) is 4.98 Å². The molecule has 0 unspecified atom stereocenters. The highest BCUT2D eigenvalue weighted by atomic mass is 35.5. The molecule has 0 radical (unpaired) electrons. The highest BCUT2D eigenvalue weighted by Gasteiger charge is 2.15. The molecule has 1 aliphatic heterocycles. The molecule has 0 atom stereocenters. The molecule has 4 rings (SSSR count). The molecule has 10 nitrogen and oxygen atoms in total. The van der Waals surface area contributed by atoms with Gasteiger partial charge in [-0.1, -0.05) is 23.7 Å². The number of halogens is 1. The molecule has 1 fully saturated rings. The van der Waals surface area contributed by atoms with Crippen molar-refractivity contribution in [2.75, 3.05) is 55.8 Å². The number of para-hydroxylation sites is 1. The SMILES string of the molecule is CNC(=O)c1ccccc1Nc1nc(Nc2ccc(NC(=O)CN3CCOCC3)c(C)c2)ncc1Cl. The van der Waals surface area contributed by atoms with E-state index in [0.717, 1.165) is 30.0 Å². The number of anilines is 5. The van der Waals surface area contributed by atoms with Crippen LogP contribution in [0.2, 0.25) is 5.02 Å². The lowest BCUT2D eigenvalue weighted by atomic mass is 10.1. The van der Waals surface area contributed by atoms with E-state index in [-0.39, 0.29) is 11.8 Å². The summed E-state index contributed by atoms with van der Waals surface area (Å²) in [5.74, 6) is 0.390. The largest absolute Gasteiger partial charge is 0.379 e. The van der Waals surface area contributed by atoms with Crippen LogP contribution in [-0.4, -0.2) is 66.6 Å². The molecule has 188 valence electrons. The van der Waals surface area contributed by atoms with E-state index >= 15 is 0 Å². The minimum Gasteiger partial charge on any atom is -0.379 e. The van der Waals surface area contributed by atoms with Gasteiger partial charge in [0.2, 0.25) is 11.9 Å². The van der Waals surface area contributed by atoms with Crippen molar-refractivity contribution in [3.05, 3.63) is 64.8 Å². The Morgan fingerprint density at radius 3 is 2.61 bits per heavy atom. The Kier molecular flexibility index (Phi) is 8.32. The summed E-state index contributed by atoms with van der Waals surface area (Å²) in [4.78, 5) is 35.4. The maximum absolute atomic E-state index is 12.4. The second-order valence-corrected chi connectivity index (χ2v) is 8.64. The summed E-state index contributed by atoms with van der Waals surface area (Å²) in [5.41, 5.74) is 3.41. The predicted octanol–water partition coefficient (Wildman–Crippen LogP) is 3.56. The number of hydrogen-bond acceptors (Lipinski definition) is 8. The number of amides is 2. The molecule has 3 aromatic rings. The minimum atomic E-state index is -0.228. The van der Waals surface area contributed by atoms with Crippen molar-refractivity contribution in [2.24, 2.45) is 0 Å². The van der Waals surface area contributed by atoms with Crippen LogP contribution < -0.4 is 21.3 Å². The molecule has 0 spiro atoms. The molecule has 4 N–H and O–H groups in total. The molecule has 2 heterocycles. The second kappa shape index (κ2) is 11.8. The fourth-order valence-electron chi connectivity index (χ4n) is 3.73. The first-order chi connectivity index (χ1) is 17.4. The average molecular weight is 510 g/mol. The number of rotatable bonds is 8. The fraction of sp³-hybridized carbons (Fsp3) is 0.280. The summed E-state index contributed by atoms with van der Waals surface area (Å²) < 4.78 is 5.33. The third-order valence-electron chi connectivity index (χ3n) is 5.62. The van der Waals surface area contributed by atoms with Gasteiger partial charge in [0.15, 0.2) is 5.82 Å². The van der Waals surface area contributed by atoms with Crippen molar-refractivity contribution >= 4 is 52.2 Å². The summed E-state index contributed by atoms with van der Waals surface area (Å²) in [6.45, 7) is 5.06. The van der Waals surface area contributed by atoms with Gasteiger partial charge >= 0.3 is 0 Å². The highest BCUT2D eigenvalue weighted by Crippen LogP contribution is 2.27. The Morgan fingerprint density at radius 1 is 1.08 bits per heavy atom. The van der Waals surface area contributed by atoms with E-state index in [4.69, 9.17) is 16.3 Å². The van der Waals surface area contributed by atoms with Crippen LogP contribution in [0.1, 0.15) is 15.9 Å². The van der Waals surface area contributed by atoms with Crippen molar-refractivity contribution in [1.82, 2.24) is 20.2 Å². The van der Waals surface area contributed by atoms with Gasteiger partial charge in [0.25, 0.3) is 5.91 Å². The number of benzene rings is 2. The van der Waals surface area contributed by atoms with Crippen LogP contribution in [0.25, 0.3) is 0 Å². The van der Waals surface area contributed by atoms with E-state index in [9.17, 15) is 9.59 Å². The number of nitrogens with zero attached hydrogens (tertiary/aromatic N) is 3. The monoisotopic (exact) mass is 509 g/mol. The van der Waals surface area contributed by atoms with E-state index in [0.29, 0.717) is 47.8 Å². The van der Waals surface area contributed by atoms with Crippen molar-refractivity contribution in [1.29, 1.82) is 0 Å². The zero-order valence-electron chi connectivity index (χ0n) is 20.1. The summed E-state index contributed by atoms with van der Waals surface area (Å²) in [5, 5.41) is 12.2. The van der Waals surface area contributed by atoms with E-state index in [1.807, 2.05) is 31.2 Å². The first kappa shape index (κ1) is 25.4. The number of morpholine rings is 1. The topological polar surface area (TPSA) is 121 Å². The van der Waals surface area contributed by atoms with Gasteiger partial charge in [-0.2, -0.15) is 4.98 Å². The Morgan fingerprint density at radius 2 is 1.86 bits per heavy atom. The van der Waals surface area contributed by atoms with Gasteiger partial charge in [0, 0.05) is 31.5 Å². The van der Waals surface area contributed by atoms with Gasteiger partial charge in [-0.3, -0.25) is 14.5 Å². The summed E-state index contributed by atoms with van der Waals surface area (Å²) in [6.07, 6.45) is 1.48. The molecule has 0 saturated carbocycles. The molecule has 2 aromatic carbocycles. The first-order valence-electron chi connectivity index (χ1n) is 11.5. The third-order valence-corrected chi connectivity index (χ3v) is 5.90. The number of ether oxygens (including phenoxy) is 1. The van der Waals surface area contributed by atoms with Gasteiger partial charge in [0.1, 0.15) is 5.02 Å². The highest BCUT2D eigenvalue weighted by molar-refractivity contribution is 6.33. The van der Waals surface area contributed by atoms with E-state index in [2.05, 4.69) is 36.1 Å². The molecule has 0 bridgehead atoms. The minimum absolute atomic E-state index is 0.0607. The van der Waals surface area contributed by atoms with Crippen LogP contribution in [0, 0.1) is 6.92 Å². The molecule has 36 heavy (non-hydrogen) atoms. The van der Waals surface area contributed by atoms with Crippen LogP contribution in [0.15, 0.2) is 48.7 Å². The smallest absolute Gasteiger partial charge is 0.253 e. The van der Waals surface area contributed by atoms with Crippen LogP contribution in [0.5, 0.6) is 0 Å². The average Bonchev–Trinajstić information content (AvgIpc) is 2.88. The Bertz CT molecular complexity index is 1250. The van der Waals surface area contributed by atoms with Crippen LogP contribution in [0.3, 0.4) is 0 Å². The molecule has 11 heteroatoms. The number of aryl methyl sites for hydroxylation is 1. The molecule has 2 amide bonds. The van der Waals surface area contributed by atoms with Gasteiger partial charge < -0.3 is 26.0 Å². The number of aromatic nitrogens is 2. The van der Waals surface area contributed by atoms with Crippen molar-refractivity contribution in [3.63, 3.8) is 0 Å². The molecule has 0 aliphatic carbocycles. The van der Waals surface area contributed by atoms with E-state index < -0.39 is 0 Å². The van der Waals surface area contributed by atoms with Crippen molar-refractivity contribution in [3.8, 4) is 0 Å². The second-order valence-electron chi connectivity index (χ2n) is 8.23. The van der Waals surface area contributed by atoms with Crippen LogP contribution in [0.4, 0.5) is 28.8 Å². The fourth-order valence-corrected chi connectivity index (χ4v) is 3.87. The molecular weight excluding hydrogens is 482 g/mol. The number of carbonyl (C=O) groups is 2. The van der Waals surface area contributed by atoms with Crippen LogP contribution in [-0.2, 0) is 9.53 Å². The third kappa shape index (κ3) is 6.48. The van der Waals surface area contributed by atoms with Crippen molar-refractivity contribution in [2.45, 2.75) is 6.92 Å². The lowest BCUT2D eigenvalue weighted by Crippen LogP contribution is -2.41. The maximum Gasteiger partial charge on any atom is 0.253 e. The van der Waals surface area contributed by atoms with E-state index in [1.54, 1.807) is 25.2 Å². The molecule has 1 saturated heterocycles. The number of hydrogen-bond donors (Lipinski definition) is 4. The Hall–Kier alpha value is -3.73. The zero-order valence-corrected chi connectivity index (χ0v) is 20.9. The van der Waals surface area contributed by atoms with Gasteiger partial charge in [0.05, 0.1) is 37.2 Å². The van der Waals surface area contributed by atoms with E-state index in [1.165, 1.54) is 6.20 Å².